The van der Waals surface area contributed by atoms with Crippen LogP contribution in [0.3, 0.4) is 0 Å². The molecule has 0 radical (unpaired) electrons. The van der Waals surface area contributed by atoms with Crippen molar-refractivity contribution in [2.24, 2.45) is 0 Å². The quantitative estimate of drug-likeness (QED) is 0.854. The van der Waals surface area contributed by atoms with E-state index in [-0.39, 0.29) is 11.5 Å². The lowest BCUT2D eigenvalue weighted by Gasteiger charge is -2.20. The van der Waals surface area contributed by atoms with Gasteiger partial charge in [-0.3, -0.25) is 0 Å². The van der Waals surface area contributed by atoms with E-state index in [0.717, 1.165) is 5.56 Å². The average Bonchev–Trinajstić information content (AvgIpc) is 2.15. The Balaban J connectivity index is 2.93. The molecular weight excluding hydrogens is 238 g/mol. The summed E-state index contributed by atoms with van der Waals surface area (Å²) in [5, 5.41) is 8.77. The lowest BCUT2D eigenvalue weighted by molar-refractivity contribution is 0.299. The normalized spacial score (nSPS) is 12.7. The van der Waals surface area contributed by atoms with E-state index >= 15 is 0 Å². The smallest absolute Gasteiger partial charge is 0.241 e. The summed E-state index contributed by atoms with van der Waals surface area (Å²) in [5.41, 5.74) is 0.421. The minimum absolute atomic E-state index is 0.0618. The van der Waals surface area contributed by atoms with E-state index in [1.165, 1.54) is 0 Å². The van der Waals surface area contributed by atoms with Crippen molar-refractivity contribution in [2.75, 3.05) is 6.61 Å². The molecule has 96 valence electrons. The summed E-state index contributed by atoms with van der Waals surface area (Å²) in [4.78, 5) is 0.245. The molecule has 0 aliphatic carbocycles. The zero-order valence-corrected chi connectivity index (χ0v) is 11.2. The molecule has 0 heterocycles. The van der Waals surface area contributed by atoms with Crippen molar-refractivity contribution >= 4 is 10.0 Å². The summed E-state index contributed by atoms with van der Waals surface area (Å²) in [6.07, 6.45) is 0.535. The Labute approximate surface area is 103 Å². The zero-order chi connectivity index (χ0) is 13.1. The second-order valence-electron chi connectivity index (χ2n) is 4.97. The first-order chi connectivity index (χ1) is 7.74. The summed E-state index contributed by atoms with van der Waals surface area (Å²) in [6, 6.07) is 6.54. The highest BCUT2D eigenvalue weighted by Gasteiger charge is 2.21. The highest BCUT2D eigenvalue weighted by Crippen LogP contribution is 2.13. The molecule has 0 atom stereocenters. The van der Waals surface area contributed by atoms with Gasteiger partial charge in [-0.2, -0.15) is 0 Å². The van der Waals surface area contributed by atoms with Crippen LogP contribution >= 0.6 is 0 Å². The molecule has 0 aliphatic heterocycles. The van der Waals surface area contributed by atoms with Crippen molar-refractivity contribution in [3.63, 3.8) is 0 Å². The molecule has 0 unspecified atom stereocenters. The third kappa shape index (κ3) is 4.46. The predicted molar refractivity (Wildman–Crippen MR) is 67.3 cm³/mol. The van der Waals surface area contributed by atoms with Crippen molar-refractivity contribution in [2.45, 2.75) is 37.6 Å². The molecule has 1 rings (SSSR count). The molecule has 0 aliphatic rings. The number of aliphatic hydroxyl groups is 1. The Kier molecular flexibility index (Phi) is 4.30. The third-order valence-electron chi connectivity index (χ3n) is 2.07. The van der Waals surface area contributed by atoms with Crippen LogP contribution in [0.5, 0.6) is 0 Å². The van der Waals surface area contributed by atoms with Crippen LogP contribution in [0, 0.1) is 0 Å². The van der Waals surface area contributed by atoms with Gasteiger partial charge in [0, 0.05) is 12.1 Å². The minimum atomic E-state index is -3.46. The third-order valence-corrected chi connectivity index (χ3v) is 3.85. The fourth-order valence-corrected chi connectivity index (χ4v) is 2.84. The van der Waals surface area contributed by atoms with Crippen LogP contribution in [0.15, 0.2) is 29.2 Å². The highest BCUT2D eigenvalue weighted by atomic mass is 32.2. The van der Waals surface area contributed by atoms with Gasteiger partial charge in [0.15, 0.2) is 0 Å². The zero-order valence-electron chi connectivity index (χ0n) is 10.4. The number of rotatable bonds is 4. The van der Waals surface area contributed by atoms with E-state index in [1.807, 2.05) is 0 Å². The van der Waals surface area contributed by atoms with E-state index in [4.69, 9.17) is 5.11 Å². The molecule has 2 N–H and O–H groups in total. The van der Waals surface area contributed by atoms with Gasteiger partial charge in [-0.1, -0.05) is 12.1 Å². The Morgan fingerprint density at radius 2 is 1.71 bits per heavy atom. The molecule has 0 saturated heterocycles. The largest absolute Gasteiger partial charge is 0.396 e. The molecule has 4 nitrogen and oxygen atoms in total. The Morgan fingerprint density at radius 3 is 2.12 bits per heavy atom. The highest BCUT2D eigenvalue weighted by molar-refractivity contribution is 7.89. The topological polar surface area (TPSA) is 66.4 Å². The average molecular weight is 257 g/mol. The standard InChI is InChI=1S/C12H19NO3S/c1-12(2,3)13-17(15,16)11-6-4-10(5-7-11)8-9-14/h4-7,13-14H,8-9H2,1-3H3. The lowest BCUT2D eigenvalue weighted by atomic mass is 10.1. The second kappa shape index (κ2) is 5.16. The van der Waals surface area contributed by atoms with Gasteiger partial charge >= 0.3 is 0 Å². The first-order valence-electron chi connectivity index (χ1n) is 5.48. The van der Waals surface area contributed by atoms with Crippen LogP contribution in [0.1, 0.15) is 26.3 Å². The SMILES string of the molecule is CC(C)(C)NS(=O)(=O)c1ccc(CCO)cc1. The number of hydrogen-bond donors (Lipinski definition) is 2. The van der Waals surface area contributed by atoms with Gasteiger partial charge in [-0.05, 0) is 44.9 Å². The number of sulfonamides is 1. The molecule has 1 aromatic rings. The summed E-state index contributed by atoms with van der Waals surface area (Å²) >= 11 is 0. The molecule has 1 aromatic carbocycles. The molecule has 0 saturated carbocycles. The van der Waals surface area contributed by atoms with Crippen molar-refractivity contribution in [3.8, 4) is 0 Å². The van der Waals surface area contributed by atoms with E-state index in [2.05, 4.69) is 4.72 Å². The van der Waals surface area contributed by atoms with Gasteiger partial charge < -0.3 is 5.11 Å². The Bertz CT molecular complexity index is 458. The number of benzene rings is 1. The van der Waals surface area contributed by atoms with E-state index in [1.54, 1.807) is 45.0 Å². The molecule has 0 amide bonds. The lowest BCUT2D eigenvalue weighted by Crippen LogP contribution is -2.40. The first kappa shape index (κ1) is 14.2. The molecule has 17 heavy (non-hydrogen) atoms. The minimum Gasteiger partial charge on any atom is -0.396 e. The van der Waals surface area contributed by atoms with E-state index in [0.29, 0.717) is 6.42 Å². The monoisotopic (exact) mass is 257 g/mol. The van der Waals surface area contributed by atoms with Gasteiger partial charge in [-0.25, -0.2) is 13.1 Å². The first-order valence-corrected chi connectivity index (χ1v) is 6.97. The maximum Gasteiger partial charge on any atom is 0.241 e. The molecular formula is C12H19NO3S. The fraction of sp³-hybridized carbons (Fsp3) is 0.500. The molecule has 0 fully saturated rings. The van der Waals surface area contributed by atoms with Crippen LogP contribution < -0.4 is 4.72 Å². The van der Waals surface area contributed by atoms with Gasteiger partial charge in [0.2, 0.25) is 10.0 Å². The van der Waals surface area contributed by atoms with Gasteiger partial charge in [0.05, 0.1) is 4.90 Å². The molecule has 0 spiro atoms. The van der Waals surface area contributed by atoms with Crippen molar-refractivity contribution in [1.29, 1.82) is 0 Å². The van der Waals surface area contributed by atoms with Gasteiger partial charge in [0.25, 0.3) is 0 Å². The summed E-state index contributed by atoms with van der Waals surface area (Å²) in [7, 11) is -3.46. The van der Waals surface area contributed by atoms with Crippen LogP contribution in [-0.4, -0.2) is 25.7 Å². The number of aliphatic hydroxyl groups excluding tert-OH is 1. The maximum absolute atomic E-state index is 12.0. The predicted octanol–water partition coefficient (Wildman–Crippen LogP) is 1.30. The number of hydrogen-bond acceptors (Lipinski definition) is 3. The molecule has 5 heteroatoms. The summed E-state index contributed by atoms with van der Waals surface area (Å²) in [5.74, 6) is 0. The fourth-order valence-electron chi connectivity index (χ4n) is 1.43. The Morgan fingerprint density at radius 1 is 1.18 bits per heavy atom. The van der Waals surface area contributed by atoms with E-state index < -0.39 is 15.6 Å². The van der Waals surface area contributed by atoms with Crippen LogP contribution in [0.25, 0.3) is 0 Å². The molecule has 0 bridgehead atoms. The Hall–Kier alpha value is -0.910. The maximum atomic E-state index is 12.0. The molecule has 0 aromatic heterocycles. The van der Waals surface area contributed by atoms with Crippen LogP contribution in [-0.2, 0) is 16.4 Å². The van der Waals surface area contributed by atoms with Crippen molar-refractivity contribution in [3.05, 3.63) is 29.8 Å². The summed E-state index contributed by atoms with van der Waals surface area (Å²) < 4.78 is 26.5. The van der Waals surface area contributed by atoms with Gasteiger partial charge in [0.1, 0.15) is 0 Å². The van der Waals surface area contributed by atoms with Crippen LogP contribution in [0.2, 0.25) is 0 Å². The van der Waals surface area contributed by atoms with Gasteiger partial charge in [-0.15, -0.1) is 0 Å². The van der Waals surface area contributed by atoms with Crippen molar-refractivity contribution < 1.29 is 13.5 Å². The van der Waals surface area contributed by atoms with E-state index in [9.17, 15) is 8.42 Å². The number of nitrogens with one attached hydrogen (secondary N) is 1. The summed E-state index contributed by atoms with van der Waals surface area (Å²) in [6.45, 7) is 5.45. The van der Waals surface area contributed by atoms with Crippen LogP contribution in [0.4, 0.5) is 0 Å². The second-order valence-corrected chi connectivity index (χ2v) is 6.66. The van der Waals surface area contributed by atoms with Crippen molar-refractivity contribution in [1.82, 2.24) is 4.72 Å².